The minimum atomic E-state index is -0.861. The number of pyridine rings is 1. The number of aromatic nitrogens is 1. The van der Waals surface area contributed by atoms with Gasteiger partial charge < -0.3 is 14.7 Å². The number of carboxylic acid groups (broad SMARTS) is 1. The lowest BCUT2D eigenvalue weighted by atomic mass is 10.1. The van der Waals surface area contributed by atoms with Gasteiger partial charge in [0.15, 0.2) is 0 Å². The molecule has 1 N–H and O–H groups in total. The third-order valence-corrected chi connectivity index (χ3v) is 3.87. The van der Waals surface area contributed by atoms with E-state index in [4.69, 9.17) is 21.4 Å². The number of ether oxygens (including phenoxy) is 1. The van der Waals surface area contributed by atoms with Gasteiger partial charge in [0.2, 0.25) is 5.88 Å². The summed E-state index contributed by atoms with van der Waals surface area (Å²) in [6.45, 7) is 0.633. The summed E-state index contributed by atoms with van der Waals surface area (Å²) in [4.78, 5) is 16.6. The largest absolute Gasteiger partial charge is 0.472 e. The number of likely N-dealkylation sites (tertiary alicyclic amines) is 1. The summed E-state index contributed by atoms with van der Waals surface area (Å²) in [6.07, 6.45) is 2.37. The highest BCUT2D eigenvalue weighted by atomic mass is 35.5. The van der Waals surface area contributed by atoms with Crippen molar-refractivity contribution in [2.75, 3.05) is 6.54 Å². The number of hydrogen-bond donors (Lipinski definition) is 1. The molecule has 3 atom stereocenters. The highest BCUT2D eigenvalue weighted by Gasteiger charge is 2.48. The van der Waals surface area contributed by atoms with Crippen LogP contribution in [0, 0.1) is 5.92 Å². The molecular formula is C12H13ClN2O3. The van der Waals surface area contributed by atoms with Crippen LogP contribution in [0.2, 0.25) is 5.02 Å². The Hall–Kier alpha value is -1.49. The summed E-state index contributed by atoms with van der Waals surface area (Å²) in [5.74, 6) is 0.922. The second kappa shape index (κ2) is 4.31. The van der Waals surface area contributed by atoms with Crippen LogP contribution in [0.4, 0.5) is 4.79 Å². The molecule has 1 aliphatic carbocycles. The van der Waals surface area contributed by atoms with Gasteiger partial charge in [-0.1, -0.05) is 11.6 Å². The number of piperidine rings is 1. The van der Waals surface area contributed by atoms with Crippen LogP contribution in [-0.4, -0.2) is 39.8 Å². The first-order valence-corrected chi connectivity index (χ1v) is 6.29. The van der Waals surface area contributed by atoms with Crippen LogP contribution in [0.5, 0.6) is 5.88 Å². The van der Waals surface area contributed by atoms with Gasteiger partial charge in [0.25, 0.3) is 0 Å². The van der Waals surface area contributed by atoms with E-state index in [1.807, 2.05) is 0 Å². The summed E-state index contributed by atoms with van der Waals surface area (Å²) in [7, 11) is 0. The average molecular weight is 269 g/mol. The summed E-state index contributed by atoms with van der Waals surface area (Å²) >= 11 is 5.75. The molecule has 3 unspecified atom stereocenters. The summed E-state index contributed by atoms with van der Waals surface area (Å²) in [6, 6.07) is 3.39. The second-order valence-electron chi connectivity index (χ2n) is 4.81. The molecule has 2 fully saturated rings. The van der Waals surface area contributed by atoms with Gasteiger partial charge in [-0.3, -0.25) is 0 Å². The van der Waals surface area contributed by atoms with Crippen molar-refractivity contribution < 1.29 is 14.6 Å². The van der Waals surface area contributed by atoms with Crippen LogP contribution < -0.4 is 4.74 Å². The van der Waals surface area contributed by atoms with Crippen molar-refractivity contribution in [1.82, 2.24) is 9.88 Å². The van der Waals surface area contributed by atoms with Crippen LogP contribution in [-0.2, 0) is 0 Å². The van der Waals surface area contributed by atoms with Crippen molar-refractivity contribution in [3.63, 3.8) is 0 Å². The fraction of sp³-hybridized carbons (Fsp3) is 0.500. The van der Waals surface area contributed by atoms with Gasteiger partial charge in [-0.15, -0.1) is 0 Å². The SMILES string of the molecule is O=C(O)N1CC2CC(Oc3ccc(Cl)cn3)C1C2. The van der Waals surface area contributed by atoms with Crippen LogP contribution in [0.3, 0.4) is 0 Å². The van der Waals surface area contributed by atoms with Gasteiger partial charge in [-0.2, -0.15) is 0 Å². The highest BCUT2D eigenvalue weighted by Crippen LogP contribution is 2.39. The molecule has 1 saturated carbocycles. The Balaban J connectivity index is 1.71. The Morgan fingerprint density at radius 3 is 2.94 bits per heavy atom. The molecular weight excluding hydrogens is 256 g/mol. The number of hydrogen-bond acceptors (Lipinski definition) is 3. The number of amides is 1. The van der Waals surface area contributed by atoms with E-state index in [9.17, 15) is 4.79 Å². The average Bonchev–Trinajstić information content (AvgIpc) is 2.91. The van der Waals surface area contributed by atoms with Crippen molar-refractivity contribution in [2.45, 2.75) is 25.0 Å². The normalized spacial score (nSPS) is 29.6. The molecule has 3 rings (SSSR count). The lowest BCUT2D eigenvalue weighted by Crippen LogP contribution is -2.46. The molecule has 96 valence electrons. The van der Waals surface area contributed by atoms with Crippen molar-refractivity contribution in [3.8, 4) is 5.88 Å². The smallest absolute Gasteiger partial charge is 0.407 e. The van der Waals surface area contributed by atoms with Crippen LogP contribution in [0.15, 0.2) is 18.3 Å². The molecule has 1 aromatic heterocycles. The quantitative estimate of drug-likeness (QED) is 0.894. The molecule has 5 nitrogen and oxygen atoms in total. The number of halogens is 1. The van der Waals surface area contributed by atoms with Crippen molar-refractivity contribution in [1.29, 1.82) is 0 Å². The maximum Gasteiger partial charge on any atom is 0.407 e. The Morgan fingerprint density at radius 2 is 2.33 bits per heavy atom. The molecule has 1 amide bonds. The number of nitrogens with zero attached hydrogens (tertiary/aromatic N) is 2. The van der Waals surface area contributed by atoms with E-state index >= 15 is 0 Å². The van der Waals surface area contributed by atoms with Gasteiger partial charge in [-0.05, 0) is 24.8 Å². The second-order valence-corrected chi connectivity index (χ2v) is 5.25. The van der Waals surface area contributed by atoms with Gasteiger partial charge in [0.1, 0.15) is 6.10 Å². The maximum absolute atomic E-state index is 11.1. The third kappa shape index (κ3) is 1.99. The zero-order chi connectivity index (χ0) is 12.7. The number of carbonyl (C=O) groups is 1. The molecule has 1 saturated heterocycles. The monoisotopic (exact) mass is 268 g/mol. The molecule has 6 heteroatoms. The Morgan fingerprint density at radius 1 is 1.50 bits per heavy atom. The van der Waals surface area contributed by atoms with E-state index in [0.29, 0.717) is 23.4 Å². The Labute approximate surface area is 109 Å². The predicted molar refractivity (Wildman–Crippen MR) is 64.9 cm³/mol. The molecule has 2 aliphatic rings. The maximum atomic E-state index is 11.1. The van der Waals surface area contributed by atoms with Crippen molar-refractivity contribution in [2.24, 2.45) is 5.92 Å². The summed E-state index contributed by atoms with van der Waals surface area (Å²) < 4.78 is 5.77. The molecule has 1 aromatic rings. The Bertz CT molecular complexity index is 465. The van der Waals surface area contributed by atoms with Crippen molar-refractivity contribution in [3.05, 3.63) is 23.4 Å². The first-order chi connectivity index (χ1) is 8.63. The van der Waals surface area contributed by atoms with E-state index in [-0.39, 0.29) is 12.1 Å². The summed E-state index contributed by atoms with van der Waals surface area (Å²) in [5, 5.41) is 9.65. The van der Waals surface area contributed by atoms with E-state index in [1.165, 1.54) is 11.1 Å². The number of rotatable bonds is 2. The summed E-state index contributed by atoms with van der Waals surface area (Å²) in [5.41, 5.74) is 0. The first-order valence-electron chi connectivity index (χ1n) is 5.91. The van der Waals surface area contributed by atoms with E-state index in [0.717, 1.165) is 12.8 Å². The topological polar surface area (TPSA) is 62.7 Å². The van der Waals surface area contributed by atoms with E-state index in [1.54, 1.807) is 12.1 Å². The van der Waals surface area contributed by atoms with Crippen LogP contribution in [0.1, 0.15) is 12.8 Å². The van der Waals surface area contributed by atoms with Crippen molar-refractivity contribution >= 4 is 17.7 Å². The van der Waals surface area contributed by atoms with Gasteiger partial charge in [0, 0.05) is 18.8 Å². The highest BCUT2D eigenvalue weighted by molar-refractivity contribution is 6.30. The van der Waals surface area contributed by atoms with E-state index < -0.39 is 6.09 Å². The predicted octanol–water partition coefficient (Wildman–Crippen LogP) is 2.25. The standard InChI is InChI=1S/C12H13ClN2O3/c13-8-1-2-11(14-5-8)18-10-4-7-3-9(10)15(6-7)12(16)17/h1-2,5,7,9-10H,3-4,6H2,(H,16,17). The Kier molecular flexibility index (Phi) is 2.78. The number of fused-ring (bicyclic) bond motifs is 2. The van der Waals surface area contributed by atoms with Crippen LogP contribution >= 0.6 is 11.6 Å². The van der Waals surface area contributed by atoms with Gasteiger partial charge >= 0.3 is 6.09 Å². The fourth-order valence-corrected chi connectivity index (χ4v) is 3.01. The molecule has 2 heterocycles. The van der Waals surface area contributed by atoms with Gasteiger partial charge in [0.05, 0.1) is 11.1 Å². The zero-order valence-corrected chi connectivity index (χ0v) is 10.4. The zero-order valence-electron chi connectivity index (χ0n) is 9.62. The molecule has 0 spiro atoms. The minimum Gasteiger partial charge on any atom is -0.472 e. The first kappa shape index (κ1) is 11.6. The van der Waals surface area contributed by atoms with Crippen LogP contribution in [0.25, 0.3) is 0 Å². The lowest BCUT2D eigenvalue weighted by Gasteiger charge is -2.30. The molecule has 2 bridgehead atoms. The van der Waals surface area contributed by atoms with E-state index in [2.05, 4.69) is 4.98 Å². The molecule has 0 aromatic carbocycles. The minimum absolute atomic E-state index is 0.0371. The molecule has 18 heavy (non-hydrogen) atoms. The van der Waals surface area contributed by atoms with Gasteiger partial charge in [-0.25, -0.2) is 9.78 Å². The fourth-order valence-electron chi connectivity index (χ4n) is 2.90. The third-order valence-electron chi connectivity index (χ3n) is 3.64. The molecule has 0 radical (unpaired) electrons. The lowest BCUT2D eigenvalue weighted by molar-refractivity contribution is 0.0662. The molecule has 1 aliphatic heterocycles.